The predicted octanol–water partition coefficient (Wildman–Crippen LogP) is 5.46. The zero-order valence-corrected chi connectivity index (χ0v) is 21.2. The van der Waals surface area contributed by atoms with E-state index in [1.165, 1.54) is 11.0 Å². The number of halogens is 1. The molecule has 5 nitrogen and oxygen atoms in total. The zero-order valence-electron chi connectivity index (χ0n) is 21.2. The highest BCUT2D eigenvalue weighted by molar-refractivity contribution is 5.88. The lowest BCUT2D eigenvalue weighted by Crippen LogP contribution is -2.51. The molecule has 190 valence electrons. The molecule has 0 heterocycles. The number of carbonyl (C=O) groups is 2. The van der Waals surface area contributed by atoms with Crippen LogP contribution in [0.4, 0.5) is 4.39 Å². The normalized spacial score (nSPS) is 11.7. The lowest BCUT2D eigenvalue weighted by Gasteiger charge is -2.32. The van der Waals surface area contributed by atoms with Crippen molar-refractivity contribution in [2.24, 2.45) is 0 Å². The molecule has 0 fully saturated rings. The third-order valence-corrected chi connectivity index (χ3v) is 5.83. The first-order chi connectivity index (χ1) is 17.3. The molecule has 6 heteroatoms. The van der Waals surface area contributed by atoms with E-state index in [2.05, 4.69) is 5.32 Å². The first-order valence-corrected chi connectivity index (χ1v) is 12.4. The molecule has 0 spiro atoms. The van der Waals surface area contributed by atoms with Crippen LogP contribution in [0, 0.1) is 12.7 Å². The summed E-state index contributed by atoms with van der Waals surface area (Å²) >= 11 is 0. The van der Waals surface area contributed by atoms with Crippen LogP contribution in [0.2, 0.25) is 0 Å². The predicted molar refractivity (Wildman–Crippen MR) is 140 cm³/mol. The molecule has 0 saturated carbocycles. The highest BCUT2D eigenvalue weighted by atomic mass is 19.1. The molecule has 2 amide bonds. The van der Waals surface area contributed by atoms with E-state index >= 15 is 0 Å². The molecule has 3 rings (SSSR count). The smallest absolute Gasteiger partial charge is 0.243 e. The fraction of sp³-hybridized carbons (Fsp3) is 0.333. The summed E-state index contributed by atoms with van der Waals surface area (Å²) in [4.78, 5) is 28.3. The highest BCUT2D eigenvalue weighted by Crippen LogP contribution is 2.19. The number of hydrogen-bond acceptors (Lipinski definition) is 3. The third kappa shape index (κ3) is 8.22. The van der Waals surface area contributed by atoms with Gasteiger partial charge in [-0.1, -0.05) is 66.2 Å². The summed E-state index contributed by atoms with van der Waals surface area (Å²) in [6.45, 7) is 6.14. The Kier molecular flexibility index (Phi) is 10.0. The highest BCUT2D eigenvalue weighted by Gasteiger charge is 2.31. The Bertz CT molecular complexity index is 1120. The van der Waals surface area contributed by atoms with Gasteiger partial charge in [0, 0.05) is 31.0 Å². The van der Waals surface area contributed by atoms with Gasteiger partial charge in [0.05, 0.1) is 6.61 Å². The van der Waals surface area contributed by atoms with Gasteiger partial charge in [0.15, 0.2) is 0 Å². The second-order valence-electron chi connectivity index (χ2n) is 9.25. The first kappa shape index (κ1) is 26.9. The minimum Gasteiger partial charge on any atom is -0.494 e. The molecule has 0 radical (unpaired) electrons. The van der Waals surface area contributed by atoms with Gasteiger partial charge in [0.25, 0.3) is 0 Å². The molecule has 1 unspecified atom stereocenters. The van der Waals surface area contributed by atoms with Crippen LogP contribution in [0.5, 0.6) is 5.75 Å². The number of hydrogen-bond donors (Lipinski definition) is 1. The standard InChI is InChI=1S/C30H35FN2O3/c1-22(2)32-30(35)28(20-24-10-5-4-6-11-24)33(21-25-12-7-8-13-27(25)31)29(34)14-9-19-36-26-17-15-23(3)16-18-26/h4-8,10-13,15-18,22,28H,9,14,19-21H2,1-3H3,(H,32,35). The molecule has 3 aromatic rings. The van der Waals surface area contributed by atoms with E-state index in [4.69, 9.17) is 4.74 Å². The van der Waals surface area contributed by atoms with Crippen molar-refractivity contribution in [3.8, 4) is 5.75 Å². The summed E-state index contributed by atoms with van der Waals surface area (Å²) < 4.78 is 20.4. The van der Waals surface area contributed by atoms with Crippen LogP contribution in [0.1, 0.15) is 43.4 Å². The van der Waals surface area contributed by atoms with E-state index in [-0.39, 0.29) is 30.8 Å². The van der Waals surface area contributed by atoms with Crippen LogP contribution in [0.25, 0.3) is 0 Å². The number of aryl methyl sites for hydroxylation is 1. The monoisotopic (exact) mass is 490 g/mol. The largest absolute Gasteiger partial charge is 0.494 e. The van der Waals surface area contributed by atoms with E-state index in [1.807, 2.05) is 75.4 Å². The second kappa shape index (κ2) is 13.4. The lowest BCUT2D eigenvalue weighted by molar-refractivity contribution is -0.141. The number of nitrogens with zero attached hydrogens (tertiary/aromatic N) is 1. The Morgan fingerprint density at radius 1 is 0.944 bits per heavy atom. The maximum atomic E-state index is 14.6. The maximum Gasteiger partial charge on any atom is 0.243 e. The summed E-state index contributed by atoms with van der Waals surface area (Å²) in [5.74, 6) is -0.129. The first-order valence-electron chi connectivity index (χ1n) is 12.4. The minimum atomic E-state index is -0.778. The molecule has 1 atom stereocenters. The van der Waals surface area contributed by atoms with Crippen molar-refractivity contribution in [1.29, 1.82) is 0 Å². The van der Waals surface area contributed by atoms with Crippen molar-refractivity contribution in [2.45, 2.75) is 58.7 Å². The molecule has 0 aliphatic carbocycles. The molecule has 3 aromatic carbocycles. The van der Waals surface area contributed by atoms with Gasteiger partial charge in [-0.2, -0.15) is 0 Å². The number of nitrogens with one attached hydrogen (secondary N) is 1. The molecular formula is C30H35FN2O3. The van der Waals surface area contributed by atoms with Gasteiger partial charge in [-0.25, -0.2) is 4.39 Å². The number of rotatable bonds is 12. The summed E-state index contributed by atoms with van der Waals surface area (Å²) in [6, 6.07) is 22.8. The zero-order chi connectivity index (χ0) is 25.9. The SMILES string of the molecule is Cc1ccc(OCCCC(=O)N(Cc2ccccc2F)C(Cc2ccccc2)C(=O)NC(C)C)cc1. The van der Waals surface area contributed by atoms with E-state index in [9.17, 15) is 14.0 Å². The van der Waals surface area contributed by atoms with E-state index in [1.54, 1.807) is 18.2 Å². The number of ether oxygens (including phenoxy) is 1. The summed E-state index contributed by atoms with van der Waals surface area (Å²) in [5.41, 5.74) is 2.44. The Labute approximate surface area is 213 Å². The Morgan fingerprint density at radius 2 is 1.61 bits per heavy atom. The molecule has 0 aliphatic heterocycles. The van der Waals surface area contributed by atoms with Gasteiger partial charge in [-0.05, 0) is 51.0 Å². The van der Waals surface area contributed by atoms with E-state index in [0.717, 1.165) is 16.9 Å². The van der Waals surface area contributed by atoms with Crippen molar-refractivity contribution in [3.63, 3.8) is 0 Å². The number of carbonyl (C=O) groups excluding carboxylic acids is 2. The Hall–Kier alpha value is -3.67. The maximum absolute atomic E-state index is 14.6. The second-order valence-corrected chi connectivity index (χ2v) is 9.25. The molecule has 0 bridgehead atoms. The van der Waals surface area contributed by atoms with Crippen LogP contribution in [-0.4, -0.2) is 35.4 Å². The fourth-order valence-electron chi connectivity index (χ4n) is 3.94. The van der Waals surface area contributed by atoms with Crippen molar-refractivity contribution in [1.82, 2.24) is 10.2 Å². The molecular weight excluding hydrogens is 455 g/mol. The average molecular weight is 491 g/mol. The van der Waals surface area contributed by atoms with Crippen molar-refractivity contribution < 1.29 is 18.7 Å². The quantitative estimate of drug-likeness (QED) is 0.343. The van der Waals surface area contributed by atoms with Crippen LogP contribution in [0.3, 0.4) is 0 Å². The minimum absolute atomic E-state index is 0.00728. The average Bonchev–Trinajstić information content (AvgIpc) is 2.86. The Balaban J connectivity index is 1.79. The third-order valence-electron chi connectivity index (χ3n) is 5.83. The van der Waals surface area contributed by atoms with E-state index in [0.29, 0.717) is 25.0 Å². The van der Waals surface area contributed by atoms with Gasteiger partial charge in [0.2, 0.25) is 11.8 Å². The van der Waals surface area contributed by atoms with Gasteiger partial charge < -0.3 is 15.0 Å². The summed E-state index contributed by atoms with van der Waals surface area (Å²) in [7, 11) is 0. The summed E-state index contributed by atoms with van der Waals surface area (Å²) in [6.07, 6.45) is 0.990. The molecule has 0 saturated heterocycles. The number of benzene rings is 3. The van der Waals surface area contributed by atoms with Crippen molar-refractivity contribution in [3.05, 3.63) is 101 Å². The Morgan fingerprint density at radius 3 is 2.28 bits per heavy atom. The van der Waals surface area contributed by atoms with E-state index < -0.39 is 11.9 Å². The van der Waals surface area contributed by atoms with Crippen LogP contribution in [0.15, 0.2) is 78.9 Å². The van der Waals surface area contributed by atoms with Crippen LogP contribution in [-0.2, 0) is 22.6 Å². The van der Waals surface area contributed by atoms with Gasteiger partial charge in [-0.15, -0.1) is 0 Å². The number of amides is 2. The van der Waals surface area contributed by atoms with Gasteiger partial charge in [-0.3, -0.25) is 9.59 Å². The van der Waals surface area contributed by atoms with Gasteiger partial charge in [0.1, 0.15) is 17.6 Å². The summed E-state index contributed by atoms with van der Waals surface area (Å²) in [5, 5.41) is 2.94. The topological polar surface area (TPSA) is 58.6 Å². The van der Waals surface area contributed by atoms with Crippen molar-refractivity contribution >= 4 is 11.8 Å². The van der Waals surface area contributed by atoms with Crippen molar-refractivity contribution in [2.75, 3.05) is 6.61 Å². The molecule has 36 heavy (non-hydrogen) atoms. The lowest BCUT2D eigenvalue weighted by atomic mass is 10.0. The molecule has 0 aromatic heterocycles. The fourth-order valence-corrected chi connectivity index (χ4v) is 3.94. The molecule has 1 N–H and O–H groups in total. The van der Waals surface area contributed by atoms with Gasteiger partial charge >= 0.3 is 0 Å². The molecule has 0 aliphatic rings. The van der Waals surface area contributed by atoms with Crippen LogP contribution < -0.4 is 10.1 Å². The van der Waals surface area contributed by atoms with Crippen LogP contribution >= 0.6 is 0 Å².